The summed E-state index contributed by atoms with van der Waals surface area (Å²) in [5, 5.41) is 9.88. The van der Waals surface area contributed by atoms with Crippen LogP contribution in [0.3, 0.4) is 0 Å². The van der Waals surface area contributed by atoms with Crippen LogP contribution in [0.15, 0.2) is 114 Å². The SMILES string of the molecule is O=C(Nc1ccc(Cc2ccccc2)cc1)N1C[C@@H](c2ccccc2)C(c2ccc(Cl)cc2)=N1. The first-order valence-electron chi connectivity index (χ1n) is 11.3. The quantitative estimate of drug-likeness (QED) is 0.340. The fourth-order valence-electron chi connectivity index (χ4n) is 4.18. The van der Waals surface area contributed by atoms with Crippen LogP contribution in [-0.2, 0) is 6.42 Å². The van der Waals surface area contributed by atoms with Crippen LogP contribution in [0, 0.1) is 0 Å². The lowest BCUT2D eigenvalue weighted by Crippen LogP contribution is -2.30. The van der Waals surface area contributed by atoms with E-state index in [4.69, 9.17) is 16.7 Å². The van der Waals surface area contributed by atoms with Crippen molar-refractivity contribution in [2.45, 2.75) is 12.3 Å². The highest BCUT2D eigenvalue weighted by atomic mass is 35.5. The first-order valence-corrected chi connectivity index (χ1v) is 11.6. The van der Waals surface area contributed by atoms with Crippen molar-refractivity contribution in [2.75, 3.05) is 11.9 Å². The molecule has 0 aromatic heterocycles. The minimum Gasteiger partial charge on any atom is -0.306 e. The van der Waals surface area contributed by atoms with Crippen LogP contribution in [0.2, 0.25) is 5.02 Å². The third-order valence-electron chi connectivity index (χ3n) is 5.95. The number of benzene rings is 4. The van der Waals surface area contributed by atoms with Crippen LogP contribution in [-0.4, -0.2) is 23.3 Å². The Balaban J connectivity index is 1.32. The number of halogens is 1. The maximum Gasteiger partial charge on any atom is 0.342 e. The van der Waals surface area contributed by atoms with E-state index in [1.54, 1.807) is 0 Å². The molecule has 1 N–H and O–H groups in total. The van der Waals surface area contributed by atoms with E-state index in [-0.39, 0.29) is 11.9 Å². The van der Waals surface area contributed by atoms with E-state index in [0.717, 1.165) is 28.9 Å². The van der Waals surface area contributed by atoms with E-state index in [1.165, 1.54) is 16.1 Å². The monoisotopic (exact) mass is 465 g/mol. The molecule has 34 heavy (non-hydrogen) atoms. The Morgan fingerprint density at radius 1 is 0.824 bits per heavy atom. The first-order chi connectivity index (χ1) is 16.7. The third-order valence-corrected chi connectivity index (χ3v) is 6.20. The molecule has 0 spiro atoms. The van der Waals surface area contributed by atoms with Crippen LogP contribution < -0.4 is 5.32 Å². The van der Waals surface area contributed by atoms with Crippen molar-refractivity contribution in [1.82, 2.24) is 5.01 Å². The summed E-state index contributed by atoms with van der Waals surface area (Å²) in [5.41, 5.74) is 6.13. The number of nitrogens with one attached hydrogen (secondary N) is 1. The standard InChI is InChI=1S/C29H24ClN3O/c30-25-15-13-24(14-16-25)28-27(23-9-5-2-6-10-23)20-33(32-28)29(34)31-26-17-11-22(12-18-26)19-21-7-3-1-4-8-21/h1-18,27H,19-20H2,(H,31,34)/t27-/m0/s1. The Kier molecular flexibility index (Phi) is 6.41. The molecule has 0 saturated heterocycles. The molecule has 0 bridgehead atoms. The molecule has 168 valence electrons. The molecular weight excluding hydrogens is 442 g/mol. The summed E-state index contributed by atoms with van der Waals surface area (Å²) in [6.07, 6.45) is 0.856. The number of carbonyl (C=O) groups is 1. The number of anilines is 1. The lowest BCUT2D eigenvalue weighted by Gasteiger charge is -2.16. The van der Waals surface area contributed by atoms with Gasteiger partial charge in [0, 0.05) is 16.6 Å². The Morgan fingerprint density at radius 2 is 1.44 bits per heavy atom. The zero-order valence-corrected chi connectivity index (χ0v) is 19.3. The summed E-state index contributed by atoms with van der Waals surface area (Å²) in [6, 6.07) is 35.8. The molecule has 1 atom stereocenters. The van der Waals surface area contributed by atoms with E-state index in [9.17, 15) is 4.79 Å². The molecular formula is C29H24ClN3O. The van der Waals surface area contributed by atoms with Gasteiger partial charge in [0.15, 0.2) is 0 Å². The number of nitrogens with zero attached hydrogens (tertiary/aromatic N) is 2. The van der Waals surface area contributed by atoms with Crippen LogP contribution in [0.25, 0.3) is 0 Å². The number of hydrazone groups is 1. The summed E-state index contributed by atoms with van der Waals surface area (Å²) < 4.78 is 0. The molecule has 0 unspecified atom stereocenters. The second-order valence-corrected chi connectivity index (χ2v) is 8.76. The zero-order chi connectivity index (χ0) is 23.3. The van der Waals surface area contributed by atoms with E-state index in [2.05, 4.69) is 29.6 Å². The van der Waals surface area contributed by atoms with E-state index in [1.807, 2.05) is 84.9 Å². The van der Waals surface area contributed by atoms with Gasteiger partial charge in [-0.1, -0.05) is 96.5 Å². The second kappa shape index (κ2) is 9.94. The predicted molar refractivity (Wildman–Crippen MR) is 139 cm³/mol. The Bertz CT molecular complexity index is 1290. The molecule has 5 heteroatoms. The van der Waals surface area contributed by atoms with Gasteiger partial charge in [-0.15, -0.1) is 0 Å². The van der Waals surface area contributed by atoms with Gasteiger partial charge >= 0.3 is 6.03 Å². The van der Waals surface area contributed by atoms with Gasteiger partial charge in [-0.2, -0.15) is 5.10 Å². The lowest BCUT2D eigenvalue weighted by atomic mass is 9.91. The van der Waals surface area contributed by atoms with Gasteiger partial charge in [-0.05, 0) is 52.9 Å². The molecule has 0 aliphatic carbocycles. The maximum atomic E-state index is 13.1. The first kappa shape index (κ1) is 21.9. The number of urea groups is 1. The van der Waals surface area contributed by atoms with Gasteiger partial charge < -0.3 is 5.32 Å². The molecule has 1 aliphatic heterocycles. The van der Waals surface area contributed by atoms with Crippen LogP contribution in [0.5, 0.6) is 0 Å². The van der Waals surface area contributed by atoms with Crippen molar-refractivity contribution in [1.29, 1.82) is 0 Å². The molecule has 1 aliphatic rings. The fraction of sp³-hybridized carbons (Fsp3) is 0.103. The molecule has 0 radical (unpaired) electrons. The lowest BCUT2D eigenvalue weighted by molar-refractivity contribution is 0.218. The number of hydrogen-bond acceptors (Lipinski definition) is 2. The highest BCUT2D eigenvalue weighted by Gasteiger charge is 2.32. The maximum absolute atomic E-state index is 13.1. The second-order valence-electron chi connectivity index (χ2n) is 8.33. The van der Waals surface area contributed by atoms with Crippen LogP contribution in [0.1, 0.15) is 28.2 Å². The summed E-state index contributed by atoms with van der Waals surface area (Å²) >= 11 is 6.08. The highest BCUT2D eigenvalue weighted by Crippen LogP contribution is 2.29. The molecule has 4 aromatic rings. The normalized spacial score (nSPS) is 15.1. The summed E-state index contributed by atoms with van der Waals surface area (Å²) in [4.78, 5) is 13.1. The fourth-order valence-corrected chi connectivity index (χ4v) is 4.31. The number of carbonyl (C=O) groups excluding carboxylic acids is 1. The van der Waals surface area contributed by atoms with Gasteiger partial charge in [0.2, 0.25) is 0 Å². The van der Waals surface area contributed by atoms with Gasteiger partial charge in [0.25, 0.3) is 0 Å². The third kappa shape index (κ3) is 5.03. The molecule has 4 aromatic carbocycles. The van der Waals surface area contributed by atoms with Gasteiger partial charge in [0.05, 0.1) is 12.3 Å². The van der Waals surface area contributed by atoms with Crippen LogP contribution >= 0.6 is 11.6 Å². The van der Waals surface area contributed by atoms with Gasteiger partial charge in [-0.25, -0.2) is 9.80 Å². The van der Waals surface area contributed by atoms with Crippen molar-refractivity contribution in [3.05, 3.63) is 136 Å². The zero-order valence-electron chi connectivity index (χ0n) is 18.6. The van der Waals surface area contributed by atoms with E-state index in [0.29, 0.717) is 11.6 Å². The summed E-state index contributed by atoms with van der Waals surface area (Å²) in [5.74, 6) is -0.0126. The Labute approximate surface area is 204 Å². The van der Waals surface area contributed by atoms with Crippen molar-refractivity contribution in [2.24, 2.45) is 5.10 Å². The minimum atomic E-state index is -0.249. The summed E-state index contributed by atoms with van der Waals surface area (Å²) in [6.45, 7) is 0.472. The van der Waals surface area contributed by atoms with Gasteiger partial charge in [-0.3, -0.25) is 0 Å². The van der Waals surface area contributed by atoms with Crippen molar-refractivity contribution in [3.63, 3.8) is 0 Å². The van der Waals surface area contributed by atoms with Crippen molar-refractivity contribution < 1.29 is 4.79 Å². The van der Waals surface area contributed by atoms with E-state index >= 15 is 0 Å². The Morgan fingerprint density at radius 3 is 2.12 bits per heavy atom. The summed E-state index contributed by atoms with van der Waals surface area (Å²) in [7, 11) is 0. The number of rotatable bonds is 5. The molecule has 0 fully saturated rings. The molecule has 0 saturated carbocycles. The average molecular weight is 466 g/mol. The molecule has 4 nitrogen and oxygen atoms in total. The highest BCUT2D eigenvalue weighted by molar-refractivity contribution is 6.30. The smallest absolute Gasteiger partial charge is 0.306 e. The Hall–Kier alpha value is -3.89. The van der Waals surface area contributed by atoms with Crippen LogP contribution in [0.4, 0.5) is 10.5 Å². The number of hydrogen-bond donors (Lipinski definition) is 1. The largest absolute Gasteiger partial charge is 0.342 e. The molecule has 2 amide bonds. The average Bonchev–Trinajstić information content (AvgIpc) is 3.33. The van der Waals surface area contributed by atoms with Gasteiger partial charge in [0.1, 0.15) is 0 Å². The van der Waals surface area contributed by atoms with Crippen molar-refractivity contribution >= 4 is 29.0 Å². The minimum absolute atomic E-state index is 0.0126. The number of amides is 2. The predicted octanol–water partition coefficient (Wildman–Crippen LogP) is 6.97. The van der Waals surface area contributed by atoms with E-state index < -0.39 is 0 Å². The van der Waals surface area contributed by atoms with Crippen molar-refractivity contribution in [3.8, 4) is 0 Å². The topological polar surface area (TPSA) is 44.7 Å². The molecule has 5 rings (SSSR count). The molecule has 1 heterocycles.